The Kier molecular flexibility index (Phi) is 3.31. The molecule has 0 aliphatic carbocycles. The van der Waals surface area contributed by atoms with E-state index in [1.165, 1.54) is 6.07 Å². The molecule has 1 saturated heterocycles. The SMILES string of the molecule is NC(=O)c1cccc(NC(=O)C2(N)CCOC2)c1. The molecule has 2 rings (SSSR count). The van der Waals surface area contributed by atoms with Crippen molar-refractivity contribution in [3.8, 4) is 0 Å². The number of nitrogens with one attached hydrogen (secondary N) is 1. The summed E-state index contributed by atoms with van der Waals surface area (Å²) in [5.74, 6) is -0.862. The van der Waals surface area contributed by atoms with Gasteiger partial charge in [-0.15, -0.1) is 0 Å². The maximum atomic E-state index is 12.0. The molecule has 1 aliphatic heterocycles. The summed E-state index contributed by atoms with van der Waals surface area (Å²) in [6.07, 6.45) is 0.480. The standard InChI is InChI=1S/C12H15N3O3/c13-10(16)8-2-1-3-9(6-8)15-11(17)12(14)4-5-18-7-12/h1-3,6H,4-5,7,14H2,(H2,13,16)(H,15,17). The zero-order valence-corrected chi connectivity index (χ0v) is 9.81. The van der Waals surface area contributed by atoms with Crippen LogP contribution in [0, 0.1) is 0 Å². The predicted octanol–water partition coefficient (Wildman–Crippen LogP) is -0.158. The summed E-state index contributed by atoms with van der Waals surface area (Å²) in [5.41, 5.74) is 10.9. The Hall–Kier alpha value is -1.92. The Balaban J connectivity index is 2.11. The fraction of sp³-hybridized carbons (Fsp3) is 0.333. The van der Waals surface area contributed by atoms with Crippen LogP contribution in [0.5, 0.6) is 0 Å². The monoisotopic (exact) mass is 249 g/mol. The van der Waals surface area contributed by atoms with Gasteiger partial charge in [-0.2, -0.15) is 0 Å². The van der Waals surface area contributed by atoms with Gasteiger partial charge in [0.2, 0.25) is 11.8 Å². The van der Waals surface area contributed by atoms with Gasteiger partial charge in [0.1, 0.15) is 5.54 Å². The highest BCUT2D eigenvalue weighted by Crippen LogP contribution is 2.18. The smallest absolute Gasteiger partial charge is 0.248 e. The van der Waals surface area contributed by atoms with Crippen LogP contribution in [-0.4, -0.2) is 30.6 Å². The van der Waals surface area contributed by atoms with E-state index >= 15 is 0 Å². The van der Waals surface area contributed by atoms with E-state index in [1.54, 1.807) is 18.2 Å². The Labute approximate surface area is 104 Å². The molecular formula is C12H15N3O3. The molecule has 5 N–H and O–H groups in total. The number of carbonyl (C=O) groups is 2. The average Bonchev–Trinajstić information content (AvgIpc) is 2.78. The second-order valence-corrected chi connectivity index (χ2v) is 4.36. The molecule has 1 atom stereocenters. The minimum absolute atomic E-state index is 0.203. The highest BCUT2D eigenvalue weighted by molar-refractivity contribution is 6.00. The molecule has 0 saturated carbocycles. The van der Waals surface area contributed by atoms with Crippen molar-refractivity contribution in [3.63, 3.8) is 0 Å². The van der Waals surface area contributed by atoms with Crippen LogP contribution in [-0.2, 0) is 9.53 Å². The van der Waals surface area contributed by atoms with Crippen molar-refractivity contribution < 1.29 is 14.3 Å². The lowest BCUT2D eigenvalue weighted by Crippen LogP contribution is -2.51. The van der Waals surface area contributed by atoms with Crippen molar-refractivity contribution in [3.05, 3.63) is 29.8 Å². The van der Waals surface area contributed by atoms with Gasteiger partial charge in [-0.1, -0.05) is 6.07 Å². The first-order valence-electron chi connectivity index (χ1n) is 5.59. The Morgan fingerprint density at radius 3 is 2.78 bits per heavy atom. The highest BCUT2D eigenvalue weighted by Gasteiger charge is 2.38. The molecule has 6 heteroatoms. The quantitative estimate of drug-likeness (QED) is 0.691. The molecule has 1 aliphatic rings. The van der Waals surface area contributed by atoms with Crippen LogP contribution >= 0.6 is 0 Å². The number of carbonyl (C=O) groups excluding carboxylic acids is 2. The van der Waals surface area contributed by atoms with Gasteiger partial charge in [0.25, 0.3) is 0 Å². The van der Waals surface area contributed by atoms with Crippen LogP contribution in [0.25, 0.3) is 0 Å². The van der Waals surface area contributed by atoms with Crippen LogP contribution in [0.1, 0.15) is 16.8 Å². The maximum Gasteiger partial charge on any atom is 0.248 e. The molecule has 0 aromatic heterocycles. The first-order chi connectivity index (χ1) is 8.51. The zero-order chi connectivity index (χ0) is 13.2. The van der Waals surface area contributed by atoms with Crippen molar-refractivity contribution in [2.75, 3.05) is 18.5 Å². The molecule has 1 fully saturated rings. The lowest BCUT2D eigenvalue weighted by Gasteiger charge is -2.20. The van der Waals surface area contributed by atoms with Crippen LogP contribution in [0.4, 0.5) is 5.69 Å². The van der Waals surface area contributed by atoms with Crippen LogP contribution in [0.3, 0.4) is 0 Å². The second kappa shape index (κ2) is 4.75. The summed E-state index contributed by atoms with van der Waals surface area (Å²) in [6.45, 7) is 0.680. The maximum absolute atomic E-state index is 12.0. The summed E-state index contributed by atoms with van der Waals surface area (Å²) in [7, 11) is 0. The summed E-state index contributed by atoms with van der Waals surface area (Å²) >= 11 is 0. The number of hydrogen-bond acceptors (Lipinski definition) is 4. The van der Waals surface area contributed by atoms with Gasteiger partial charge in [0, 0.05) is 17.9 Å². The van der Waals surface area contributed by atoms with E-state index < -0.39 is 11.4 Å². The van der Waals surface area contributed by atoms with Crippen LogP contribution < -0.4 is 16.8 Å². The molecule has 2 amide bonds. The second-order valence-electron chi connectivity index (χ2n) is 4.36. The highest BCUT2D eigenvalue weighted by atomic mass is 16.5. The molecule has 18 heavy (non-hydrogen) atoms. The molecule has 0 spiro atoms. The largest absolute Gasteiger partial charge is 0.379 e. The summed E-state index contributed by atoms with van der Waals surface area (Å²) in [6, 6.07) is 6.40. The van der Waals surface area contributed by atoms with Crippen molar-refractivity contribution in [2.24, 2.45) is 11.5 Å². The van der Waals surface area contributed by atoms with Gasteiger partial charge in [-0.05, 0) is 24.6 Å². The van der Waals surface area contributed by atoms with Gasteiger partial charge >= 0.3 is 0 Å². The van der Waals surface area contributed by atoms with Gasteiger partial charge in [-0.25, -0.2) is 0 Å². The first-order valence-corrected chi connectivity index (χ1v) is 5.59. The van der Waals surface area contributed by atoms with Gasteiger partial charge < -0.3 is 21.5 Å². The third kappa shape index (κ3) is 2.49. The van der Waals surface area contributed by atoms with Crippen molar-refractivity contribution >= 4 is 17.5 Å². The normalized spacial score (nSPS) is 22.7. The van der Waals surface area contributed by atoms with Crippen LogP contribution in [0.15, 0.2) is 24.3 Å². The van der Waals surface area contributed by atoms with Crippen molar-refractivity contribution in [1.29, 1.82) is 0 Å². The Morgan fingerprint density at radius 2 is 2.17 bits per heavy atom. The molecule has 0 radical (unpaired) electrons. The van der Waals surface area contributed by atoms with Crippen LogP contribution in [0.2, 0.25) is 0 Å². The molecule has 1 aromatic rings. The number of benzene rings is 1. The molecule has 1 unspecified atom stereocenters. The Morgan fingerprint density at radius 1 is 1.39 bits per heavy atom. The van der Waals surface area contributed by atoms with Crippen molar-refractivity contribution in [2.45, 2.75) is 12.0 Å². The molecule has 6 nitrogen and oxygen atoms in total. The van der Waals surface area contributed by atoms with Gasteiger partial charge in [0.05, 0.1) is 6.61 Å². The minimum atomic E-state index is -0.997. The lowest BCUT2D eigenvalue weighted by atomic mass is 9.99. The number of rotatable bonds is 3. The molecular weight excluding hydrogens is 234 g/mol. The fourth-order valence-electron chi connectivity index (χ4n) is 1.77. The third-order valence-electron chi connectivity index (χ3n) is 2.91. The number of ether oxygens (including phenoxy) is 1. The van der Waals surface area contributed by atoms with E-state index in [4.69, 9.17) is 16.2 Å². The number of anilines is 1. The first kappa shape index (κ1) is 12.5. The molecule has 0 bridgehead atoms. The van der Waals surface area contributed by atoms with E-state index in [0.717, 1.165) is 0 Å². The fourth-order valence-corrected chi connectivity index (χ4v) is 1.77. The van der Waals surface area contributed by atoms with Gasteiger partial charge in [0.15, 0.2) is 0 Å². The lowest BCUT2D eigenvalue weighted by molar-refractivity contribution is -0.121. The number of nitrogens with two attached hydrogens (primary N) is 2. The van der Waals surface area contributed by atoms with E-state index in [1.807, 2.05) is 0 Å². The zero-order valence-electron chi connectivity index (χ0n) is 9.81. The van der Waals surface area contributed by atoms with E-state index in [9.17, 15) is 9.59 Å². The molecule has 1 heterocycles. The molecule has 1 aromatic carbocycles. The summed E-state index contributed by atoms with van der Waals surface area (Å²) in [5, 5.41) is 2.67. The predicted molar refractivity (Wildman–Crippen MR) is 65.9 cm³/mol. The minimum Gasteiger partial charge on any atom is -0.379 e. The third-order valence-corrected chi connectivity index (χ3v) is 2.91. The topological polar surface area (TPSA) is 107 Å². The van der Waals surface area contributed by atoms with Crippen molar-refractivity contribution in [1.82, 2.24) is 0 Å². The average molecular weight is 249 g/mol. The number of hydrogen-bond donors (Lipinski definition) is 3. The molecule has 96 valence electrons. The van der Waals surface area contributed by atoms with E-state index in [0.29, 0.717) is 24.3 Å². The number of amides is 2. The van der Waals surface area contributed by atoms with E-state index in [-0.39, 0.29) is 12.5 Å². The summed E-state index contributed by atoms with van der Waals surface area (Å²) < 4.78 is 5.12. The van der Waals surface area contributed by atoms with E-state index in [2.05, 4.69) is 5.32 Å². The van der Waals surface area contributed by atoms with Gasteiger partial charge in [-0.3, -0.25) is 9.59 Å². The summed E-state index contributed by atoms with van der Waals surface area (Å²) in [4.78, 5) is 23.0. The number of primary amides is 1. The Bertz CT molecular complexity index is 481.